The van der Waals surface area contributed by atoms with Gasteiger partial charge in [0.15, 0.2) is 5.78 Å². The van der Waals surface area contributed by atoms with Gasteiger partial charge in [0.1, 0.15) is 18.2 Å². The highest BCUT2D eigenvalue weighted by Gasteiger charge is 2.19. The summed E-state index contributed by atoms with van der Waals surface area (Å²) in [4.78, 5) is 28.7. The zero-order valence-electron chi connectivity index (χ0n) is 17.0. The Morgan fingerprint density at radius 3 is 2.50 bits per heavy atom. The Balaban J connectivity index is 1.76. The van der Waals surface area contributed by atoms with Crippen molar-refractivity contribution in [3.8, 4) is 16.9 Å². The number of benzene rings is 3. The minimum atomic E-state index is -0.537. The van der Waals surface area contributed by atoms with Gasteiger partial charge >= 0.3 is 0 Å². The topological polar surface area (TPSA) is 79.4 Å². The Morgan fingerprint density at radius 2 is 1.78 bits per heavy atom. The number of nitrogens with one attached hydrogen (secondary N) is 1. The molecule has 0 radical (unpaired) electrons. The highest BCUT2D eigenvalue weighted by atomic mass is 19.1. The second-order valence-electron chi connectivity index (χ2n) is 7.10. The number of carbonyl (C=O) groups excluding carboxylic acids is 1. The number of allylic oxidation sites excluding steroid dienone is 1. The van der Waals surface area contributed by atoms with Crippen LogP contribution < -0.4 is 10.3 Å². The maximum Gasteiger partial charge on any atom is 0.260 e. The maximum atomic E-state index is 14.0. The molecule has 0 aliphatic heterocycles. The van der Waals surface area contributed by atoms with Crippen LogP contribution in [0.2, 0.25) is 0 Å². The second kappa shape index (κ2) is 9.41. The summed E-state index contributed by atoms with van der Waals surface area (Å²) in [7, 11) is 0. The number of fused-ring (bicyclic) bond motifs is 1. The number of rotatable bonds is 7. The van der Waals surface area contributed by atoms with Crippen molar-refractivity contribution < 1.29 is 19.0 Å². The third-order valence-corrected chi connectivity index (χ3v) is 4.95. The van der Waals surface area contributed by atoms with Gasteiger partial charge in [0.2, 0.25) is 0 Å². The first-order chi connectivity index (χ1) is 15.6. The fourth-order valence-corrected chi connectivity index (χ4v) is 3.50. The lowest BCUT2D eigenvalue weighted by molar-refractivity contribution is 0.104. The second-order valence-corrected chi connectivity index (χ2v) is 7.10. The third kappa shape index (κ3) is 4.50. The smallest absolute Gasteiger partial charge is 0.260 e. The summed E-state index contributed by atoms with van der Waals surface area (Å²) in [5.41, 5.74) is 1.65. The Labute approximate surface area is 183 Å². The van der Waals surface area contributed by atoms with Gasteiger partial charge < -0.3 is 14.8 Å². The van der Waals surface area contributed by atoms with Crippen LogP contribution in [0.25, 0.3) is 28.1 Å². The molecule has 0 aliphatic rings. The molecule has 0 unspecified atom stereocenters. The number of H-pyrrole nitrogens is 1. The molecule has 0 aliphatic carbocycles. The zero-order chi connectivity index (χ0) is 22.5. The van der Waals surface area contributed by atoms with Crippen molar-refractivity contribution >= 4 is 22.8 Å². The molecule has 0 amide bonds. The van der Waals surface area contributed by atoms with E-state index in [0.29, 0.717) is 27.8 Å². The molecular formula is C26H20FNO4. The van der Waals surface area contributed by atoms with Crippen LogP contribution in [-0.2, 0) is 0 Å². The molecule has 0 spiro atoms. The van der Waals surface area contributed by atoms with Gasteiger partial charge in [0.25, 0.3) is 5.56 Å². The van der Waals surface area contributed by atoms with Crippen molar-refractivity contribution in [1.29, 1.82) is 0 Å². The number of carbonyl (C=O) groups is 1. The molecule has 0 saturated carbocycles. The van der Waals surface area contributed by atoms with Crippen molar-refractivity contribution in [2.75, 3.05) is 13.2 Å². The van der Waals surface area contributed by atoms with Gasteiger partial charge in [-0.05, 0) is 47.5 Å². The quantitative estimate of drug-likeness (QED) is 0.332. The van der Waals surface area contributed by atoms with E-state index in [1.807, 2.05) is 6.07 Å². The van der Waals surface area contributed by atoms with Crippen LogP contribution in [0.3, 0.4) is 0 Å². The predicted molar refractivity (Wildman–Crippen MR) is 122 cm³/mol. The molecule has 4 rings (SSSR count). The number of halogens is 1. The minimum Gasteiger partial charge on any atom is -0.491 e. The van der Waals surface area contributed by atoms with Crippen molar-refractivity contribution in [3.05, 3.63) is 106 Å². The van der Waals surface area contributed by atoms with Crippen molar-refractivity contribution in [2.24, 2.45) is 0 Å². The predicted octanol–water partition coefficient (Wildman–Crippen LogP) is 4.60. The highest BCUT2D eigenvalue weighted by molar-refractivity contribution is 6.15. The summed E-state index contributed by atoms with van der Waals surface area (Å²) >= 11 is 0. The molecule has 0 atom stereocenters. The third-order valence-electron chi connectivity index (χ3n) is 4.95. The number of aromatic nitrogens is 1. The van der Waals surface area contributed by atoms with Crippen LogP contribution in [0.5, 0.6) is 5.75 Å². The summed E-state index contributed by atoms with van der Waals surface area (Å²) in [6.45, 7) is 0.116. The number of aromatic amines is 1. The van der Waals surface area contributed by atoms with Crippen LogP contribution in [0.4, 0.5) is 4.39 Å². The molecule has 2 N–H and O–H groups in total. The van der Waals surface area contributed by atoms with Crippen molar-refractivity contribution in [3.63, 3.8) is 0 Å². The van der Waals surface area contributed by atoms with Crippen molar-refractivity contribution in [1.82, 2.24) is 4.98 Å². The van der Waals surface area contributed by atoms with E-state index in [0.717, 1.165) is 5.56 Å². The molecule has 4 aromatic rings. The monoisotopic (exact) mass is 429 g/mol. The SMILES string of the molecule is O=C(/C=C/c1ccc(OCCO)cc1)c1c(-c2ccccc2)c2cc(F)ccc2[nH]c1=O. The Bertz CT molecular complexity index is 1340. The van der Waals surface area contributed by atoms with E-state index in [1.165, 1.54) is 24.3 Å². The van der Waals surface area contributed by atoms with E-state index < -0.39 is 17.2 Å². The van der Waals surface area contributed by atoms with E-state index in [9.17, 15) is 14.0 Å². The van der Waals surface area contributed by atoms with E-state index in [2.05, 4.69) is 4.98 Å². The van der Waals surface area contributed by atoms with Gasteiger partial charge in [-0.2, -0.15) is 0 Å². The molecule has 3 aromatic carbocycles. The minimum absolute atomic E-state index is 0.0477. The van der Waals surface area contributed by atoms with Gasteiger partial charge in [-0.15, -0.1) is 0 Å². The molecule has 1 aromatic heterocycles. The normalized spacial score (nSPS) is 11.2. The summed E-state index contributed by atoms with van der Waals surface area (Å²) in [5.74, 6) is -0.349. The Hall–Kier alpha value is -4.03. The Morgan fingerprint density at radius 1 is 1.03 bits per heavy atom. The lowest BCUT2D eigenvalue weighted by atomic mass is 9.93. The lowest BCUT2D eigenvalue weighted by Crippen LogP contribution is -2.18. The average molecular weight is 429 g/mol. The number of hydrogen-bond donors (Lipinski definition) is 2. The number of ketones is 1. The number of ether oxygens (including phenoxy) is 1. The number of pyridine rings is 1. The van der Waals surface area contributed by atoms with Gasteiger partial charge in [0.05, 0.1) is 12.2 Å². The number of aliphatic hydroxyl groups is 1. The fourth-order valence-electron chi connectivity index (χ4n) is 3.50. The summed E-state index contributed by atoms with van der Waals surface area (Å²) in [6.07, 6.45) is 2.92. The number of hydrogen-bond acceptors (Lipinski definition) is 4. The molecule has 32 heavy (non-hydrogen) atoms. The van der Waals surface area contributed by atoms with Crippen molar-refractivity contribution in [2.45, 2.75) is 0 Å². The van der Waals surface area contributed by atoms with Gasteiger partial charge in [-0.1, -0.05) is 48.5 Å². The lowest BCUT2D eigenvalue weighted by Gasteiger charge is -2.11. The van der Waals surface area contributed by atoms with E-state index >= 15 is 0 Å². The van der Waals surface area contributed by atoms with Gasteiger partial charge in [-0.25, -0.2) is 4.39 Å². The van der Waals surface area contributed by atoms with Crippen LogP contribution in [-0.4, -0.2) is 29.1 Å². The van der Waals surface area contributed by atoms with Crippen LogP contribution in [0.15, 0.2) is 83.7 Å². The first-order valence-corrected chi connectivity index (χ1v) is 10.0. The summed E-state index contributed by atoms with van der Waals surface area (Å²) < 4.78 is 19.3. The first-order valence-electron chi connectivity index (χ1n) is 10.0. The highest BCUT2D eigenvalue weighted by Crippen LogP contribution is 2.30. The largest absolute Gasteiger partial charge is 0.491 e. The standard InChI is InChI=1S/C26H20FNO4/c27-19-9-12-22-21(16-19)24(18-4-2-1-3-5-18)25(26(31)28-22)23(30)13-8-17-6-10-20(11-7-17)32-15-14-29/h1-13,16,29H,14-15H2,(H,28,31)/b13-8+. The van der Waals surface area contributed by atoms with E-state index in [4.69, 9.17) is 9.84 Å². The van der Waals surface area contributed by atoms with Crippen LogP contribution in [0, 0.1) is 5.82 Å². The molecule has 160 valence electrons. The molecule has 5 nitrogen and oxygen atoms in total. The first kappa shape index (κ1) is 21.2. The van der Waals surface area contributed by atoms with E-state index in [1.54, 1.807) is 54.6 Å². The number of aliphatic hydroxyl groups excluding tert-OH is 1. The molecule has 6 heteroatoms. The average Bonchev–Trinajstić information content (AvgIpc) is 2.82. The van der Waals surface area contributed by atoms with Crippen LogP contribution in [0.1, 0.15) is 15.9 Å². The van der Waals surface area contributed by atoms with E-state index in [-0.39, 0.29) is 18.8 Å². The van der Waals surface area contributed by atoms with Crippen LogP contribution >= 0.6 is 0 Å². The van der Waals surface area contributed by atoms with Gasteiger partial charge in [0, 0.05) is 16.5 Å². The Kier molecular flexibility index (Phi) is 6.24. The molecule has 0 saturated heterocycles. The zero-order valence-corrected chi connectivity index (χ0v) is 17.0. The maximum absolute atomic E-state index is 14.0. The summed E-state index contributed by atoms with van der Waals surface area (Å²) in [5, 5.41) is 9.28. The molecule has 0 fully saturated rings. The molecule has 1 heterocycles. The molecule has 0 bridgehead atoms. The molecular weight excluding hydrogens is 409 g/mol. The fraction of sp³-hybridized carbons (Fsp3) is 0.0769. The summed E-state index contributed by atoms with van der Waals surface area (Å²) in [6, 6.07) is 20.0. The van der Waals surface area contributed by atoms with Gasteiger partial charge in [-0.3, -0.25) is 9.59 Å².